The highest BCUT2D eigenvalue weighted by Gasteiger charge is 2.39. The molecule has 0 aliphatic carbocycles. The van der Waals surface area contributed by atoms with Crippen molar-refractivity contribution in [3.05, 3.63) is 150 Å². The van der Waals surface area contributed by atoms with Crippen molar-refractivity contribution in [2.45, 2.75) is 0 Å². The number of nitriles is 1. The molecule has 0 radical (unpaired) electrons. The van der Waals surface area contributed by atoms with Gasteiger partial charge in [-0.25, -0.2) is 4.90 Å². The molecule has 0 unspecified atom stereocenters. The molecule has 2 aromatic heterocycles. The summed E-state index contributed by atoms with van der Waals surface area (Å²) in [5.74, 6) is -0.741. The first-order chi connectivity index (χ1) is 21.7. The lowest BCUT2D eigenvalue weighted by molar-refractivity contribution is 0.0926. The SMILES string of the molecule is N#Cc1ccncc1-c1cccc2c3ccccc3n(-c3cccc4c3C(=O)N(c3ccc(-c5ccccc5)cc3)C4=O)c12. The highest BCUT2D eigenvalue weighted by molar-refractivity contribution is 6.36. The first-order valence-corrected chi connectivity index (χ1v) is 14.2. The van der Waals surface area contributed by atoms with E-state index in [0.29, 0.717) is 33.6 Å². The van der Waals surface area contributed by atoms with Crippen LogP contribution in [0.5, 0.6) is 0 Å². The molecular weight excluding hydrogens is 544 g/mol. The van der Waals surface area contributed by atoms with Crippen molar-refractivity contribution in [2.24, 2.45) is 0 Å². The number of hydrogen-bond acceptors (Lipinski definition) is 4. The Bertz CT molecular complexity index is 2330. The van der Waals surface area contributed by atoms with Gasteiger partial charge in [-0.3, -0.25) is 14.6 Å². The smallest absolute Gasteiger partial charge is 0.268 e. The van der Waals surface area contributed by atoms with Crippen LogP contribution in [0.1, 0.15) is 26.3 Å². The lowest BCUT2D eigenvalue weighted by atomic mass is 9.99. The Balaban J connectivity index is 1.34. The Labute approximate surface area is 252 Å². The molecule has 0 bridgehead atoms. The van der Waals surface area contributed by atoms with Crippen molar-refractivity contribution in [2.75, 3.05) is 4.90 Å². The molecule has 7 aromatic rings. The van der Waals surface area contributed by atoms with Crippen LogP contribution in [0.2, 0.25) is 0 Å². The van der Waals surface area contributed by atoms with Gasteiger partial charge in [-0.05, 0) is 47.5 Å². The second-order valence-electron chi connectivity index (χ2n) is 10.6. The number of rotatable bonds is 4. The van der Waals surface area contributed by atoms with E-state index in [9.17, 15) is 14.9 Å². The summed E-state index contributed by atoms with van der Waals surface area (Å²) >= 11 is 0. The predicted molar refractivity (Wildman–Crippen MR) is 172 cm³/mol. The first-order valence-electron chi connectivity index (χ1n) is 14.2. The van der Waals surface area contributed by atoms with Crippen LogP contribution in [0.25, 0.3) is 49.7 Å². The van der Waals surface area contributed by atoms with Crippen LogP contribution in [0.3, 0.4) is 0 Å². The van der Waals surface area contributed by atoms with Crippen molar-refractivity contribution in [1.29, 1.82) is 5.26 Å². The van der Waals surface area contributed by atoms with Gasteiger partial charge in [0, 0.05) is 34.3 Å². The summed E-state index contributed by atoms with van der Waals surface area (Å²) in [5.41, 5.74) is 7.58. The van der Waals surface area contributed by atoms with Gasteiger partial charge in [0.2, 0.25) is 0 Å². The Morgan fingerprint density at radius 1 is 0.614 bits per heavy atom. The van der Waals surface area contributed by atoms with Crippen LogP contribution in [-0.4, -0.2) is 21.4 Å². The van der Waals surface area contributed by atoms with Crippen molar-refractivity contribution in [3.8, 4) is 34.0 Å². The third kappa shape index (κ3) is 3.70. The van der Waals surface area contributed by atoms with E-state index in [-0.39, 0.29) is 11.8 Å². The fourth-order valence-electron chi connectivity index (χ4n) is 6.31. The molecule has 0 fully saturated rings. The maximum absolute atomic E-state index is 14.2. The minimum absolute atomic E-state index is 0.341. The summed E-state index contributed by atoms with van der Waals surface area (Å²) < 4.78 is 2.04. The van der Waals surface area contributed by atoms with Crippen LogP contribution < -0.4 is 4.90 Å². The number of pyridine rings is 1. The second-order valence-corrected chi connectivity index (χ2v) is 10.6. The van der Waals surface area contributed by atoms with Gasteiger partial charge in [0.15, 0.2) is 0 Å². The number of para-hydroxylation sites is 2. The number of amides is 2. The van der Waals surface area contributed by atoms with Gasteiger partial charge >= 0.3 is 0 Å². The van der Waals surface area contributed by atoms with E-state index in [1.54, 1.807) is 24.5 Å². The van der Waals surface area contributed by atoms with Crippen LogP contribution >= 0.6 is 0 Å². The molecule has 1 aliphatic heterocycles. The number of fused-ring (bicyclic) bond motifs is 4. The van der Waals surface area contributed by atoms with Gasteiger partial charge in [0.1, 0.15) is 0 Å². The van der Waals surface area contributed by atoms with Crippen molar-refractivity contribution in [1.82, 2.24) is 9.55 Å². The van der Waals surface area contributed by atoms with E-state index >= 15 is 0 Å². The molecular formula is C38H22N4O2. The third-order valence-corrected chi connectivity index (χ3v) is 8.29. The van der Waals surface area contributed by atoms with Gasteiger partial charge < -0.3 is 4.57 Å². The van der Waals surface area contributed by atoms with Gasteiger partial charge in [-0.15, -0.1) is 0 Å². The molecule has 0 saturated carbocycles. The maximum atomic E-state index is 14.2. The second kappa shape index (κ2) is 9.90. The lowest BCUT2D eigenvalue weighted by Gasteiger charge is -2.16. The monoisotopic (exact) mass is 566 g/mol. The summed E-state index contributed by atoms with van der Waals surface area (Å²) in [6, 6.07) is 40.8. The van der Waals surface area contributed by atoms with Crippen LogP contribution in [0.15, 0.2) is 134 Å². The number of hydrogen-bond donors (Lipinski definition) is 0. The summed E-state index contributed by atoms with van der Waals surface area (Å²) in [6.45, 7) is 0. The number of carbonyl (C=O) groups is 2. The summed E-state index contributed by atoms with van der Waals surface area (Å²) in [4.78, 5) is 33.7. The van der Waals surface area contributed by atoms with Crippen LogP contribution in [-0.2, 0) is 0 Å². The summed E-state index contributed by atoms with van der Waals surface area (Å²) in [7, 11) is 0. The number of carbonyl (C=O) groups excluding carboxylic acids is 2. The number of nitrogens with zero attached hydrogens (tertiary/aromatic N) is 4. The van der Waals surface area contributed by atoms with Gasteiger partial charge in [0.25, 0.3) is 11.8 Å². The molecule has 6 nitrogen and oxygen atoms in total. The van der Waals surface area contributed by atoms with Crippen molar-refractivity contribution >= 4 is 39.3 Å². The zero-order valence-electron chi connectivity index (χ0n) is 23.3. The molecule has 1 aliphatic rings. The Kier molecular flexibility index (Phi) is 5.71. The minimum atomic E-state index is -0.379. The van der Waals surface area contributed by atoms with E-state index < -0.39 is 0 Å². The minimum Gasteiger partial charge on any atom is -0.308 e. The number of imide groups is 1. The molecule has 6 heteroatoms. The average Bonchev–Trinajstić information content (AvgIpc) is 3.56. The van der Waals surface area contributed by atoms with Crippen LogP contribution in [0.4, 0.5) is 5.69 Å². The van der Waals surface area contributed by atoms with Crippen molar-refractivity contribution < 1.29 is 9.59 Å². The maximum Gasteiger partial charge on any atom is 0.268 e. The number of anilines is 1. The fraction of sp³-hybridized carbons (Fsp3) is 0. The van der Waals surface area contributed by atoms with E-state index in [4.69, 9.17) is 0 Å². The molecule has 44 heavy (non-hydrogen) atoms. The number of benzene rings is 5. The molecule has 0 N–H and O–H groups in total. The lowest BCUT2D eigenvalue weighted by Crippen LogP contribution is -2.29. The molecule has 5 aromatic carbocycles. The highest BCUT2D eigenvalue weighted by atomic mass is 16.2. The zero-order valence-corrected chi connectivity index (χ0v) is 23.3. The third-order valence-electron chi connectivity index (χ3n) is 8.29. The normalized spacial score (nSPS) is 12.6. The Morgan fingerprint density at radius 2 is 1.32 bits per heavy atom. The Hall–Kier alpha value is -6.32. The quantitative estimate of drug-likeness (QED) is 0.201. The molecule has 0 saturated heterocycles. The van der Waals surface area contributed by atoms with E-state index in [1.807, 2.05) is 114 Å². The zero-order chi connectivity index (χ0) is 29.8. The number of aromatic nitrogens is 2. The van der Waals surface area contributed by atoms with E-state index in [2.05, 4.69) is 11.1 Å². The van der Waals surface area contributed by atoms with E-state index in [0.717, 1.165) is 38.5 Å². The van der Waals surface area contributed by atoms with Gasteiger partial charge in [0.05, 0.1) is 45.2 Å². The molecule has 3 heterocycles. The first kappa shape index (κ1) is 25.4. The summed E-state index contributed by atoms with van der Waals surface area (Å²) in [6.07, 6.45) is 3.30. The molecule has 0 atom stereocenters. The fourth-order valence-corrected chi connectivity index (χ4v) is 6.31. The largest absolute Gasteiger partial charge is 0.308 e. The molecule has 206 valence electrons. The predicted octanol–water partition coefficient (Wildman–Crippen LogP) is 8.18. The average molecular weight is 567 g/mol. The van der Waals surface area contributed by atoms with Gasteiger partial charge in [-0.1, -0.05) is 84.9 Å². The molecule has 2 amide bonds. The highest BCUT2D eigenvalue weighted by Crippen LogP contribution is 2.41. The topological polar surface area (TPSA) is 79.0 Å². The Morgan fingerprint density at radius 3 is 2.14 bits per heavy atom. The van der Waals surface area contributed by atoms with Gasteiger partial charge in [-0.2, -0.15) is 5.26 Å². The standard InChI is InChI=1S/C38H22N4O2/c39-22-26-20-21-40-23-32(26)30-12-6-11-29-28-10-4-5-14-33(28)42(36(29)30)34-15-7-13-31-35(34)38(44)41(37(31)43)27-18-16-25(17-19-27)24-8-2-1-3-9-24/h1-21,23H. The van der Waals surface area contributed by atoms with Crippen LogP contribution in [0, 0.1) is 11.3 Å². The van der Waals surface area contributed by atoms with E-state index in [1.165, 1.54) is 4.90 Å². The van der Waals surface area contributed by atoms with Crippen molar-refractivity contribution in [3.63, 3.8) is 0 Å². The molecule has 0 spiro atoms. The molecule has 8 rings (SSSR count). The summed E-state index contributed by atoms with van der Waals surface area (Å²) in [5, 5.41) is 11.9.